The molecule has 0 fully saturated rings. The number of aromatic nitrogens is 2. The van der Waals surface area contributed by atoms with Crippen LogP contribution in [-0.2, 0) is 16.1 Å². The van der Waals surface area contributed by atoms with Crippen molar-refractivity contribution in [1.82, 2.24) is 20.8 Å². The van der Waals surface area contributed by atoms with Gasteiger partial charge in [0.15, 0.2) is 0 Å². The molecular weight excluding hydrogens is 264 g/mol. The minimum absolute atomic E-state index is 0.0350. The maximum Gasteiger partial charge on any atom is 0.331 e. The van der Waals surface area contributed by atoms with Gasteiger partial charge in [-0.1, -0.05) is 0 Å². The van der Waals surface area contributed by atoms with Crippen molar-refractivity contribution in [2.45, 2.75) is 20.4 Å². The molecule has 0 saturated heterocycles. The number of nitrogens with zero attached hydrogens (tertiary/aromatic N) is 2. The number of rotatable bonds is 4. The maximum atomic E-state index is 11.6. The Labute approximate surface area is 114 Å². The lowest BCUT2D eigenvalue weighted by atomic mass is 10.1. The van der Waals surface area contributed by atoms with Crippen LogP contribution in [-0.4, -0.2) is 33.2 Å². The van der Waals surface area contributed by atoms with E-state index in [4.69, 9.17) is 5.11 Å². The largest absolute Gasteiger partial charge is 0.478 e. The van der Waals surface area contributed by atoms with Crippen LogP contribution in [0.3, 0.4) is 0 Å². The summed E-state index contributed by atoms with van der Waals surface area (Å²) in [5.41, 5.74) is 0.375. The summed E-state index contributed by atoms with van der Waals surface area (Å²) in [5, 5.41) is 20.6. The first-order chi connectivity index (χ1) is 9.41. The molecule has 106 valence electrons. The predicted molar refractivity (Wildman–Crippen MR) is 68.4 cm³/mol. The lowest BCUT2D eigenvalue weighted by Gasteiger charge is -2.07. The summed E-state index contributed by atoms with van der Waals surface area (Å²) < 4.78 is 0. The minimum Gasteiger partial charge on any atom is -0.478 e. The van der Waals surface area contributed by atoms with Crippen molar-refractivity contribution >= 4 is 17.9 Å². The smallest absolute Gasteiger partial charge is 0.331 e. The number of carbonyl (C=O) groups is 3. The lowest BCUT2D eigenvalue weighted by molar-refractivity contribution is -0.133. The molecule has 0 aliphatic rings. The second-order valence-corrected chi connectivity index (χ2v) is 3.91. The Morgan fingerprint density at radius 1 is 1.25 bits per heavy atom. The van der Waals surface area contributed by atoms with Crippen LogP contribution in [0.4, 0.5) is 4.79 Å². The highest BCUT2D eigenvalue weighted by Crippen LogP contribution is 2.03. The van der Waals surface area contributed by atoms with Gasteiger partial charge in [-0.25, -0.2) is 9.59 Å². The molecule has 0 unspecified atom stereocenters. The van der Waals surface area contributed by atoms with Crippen molar-refractivity contribution in [2.75, 3.05) is 0 Å². The van der Waals surface area contributed by atoms with Crippen molar-refractivity contribution in [3.63, 3.8) is 0 Å². The van der Waals surface area contributed by atoms with Gasteiger partial charge in [-0.05, 0) is 26.0 Å². The molecule has 0 aliphatic heterocycles. The van der Waals surface area contributed by atoms with Crippen LogP contribution in [0.15, 0.2) is 29.5 Å². The third-order valence-corrected chi connectivity index (χ3v) is 2.51. The number of amides is 3. The van der Waals surface area contributed by atoms with Crippen LogP contribution in [0.1, 0.15) is 19.5 Å². The third-order valence-electron chi connectivity index (χ3n) is 2.51. The highest BCUT2D eigenvalue weighted by Gasteiger charge is 2.14. The quantitative estimate of drug-likeness (QED) is 0.677. The van der Waals surface area contributed by atoms with Gasteiger partial charge < -0.3 is 10.4 Å². The van der Waals surface area contributed by atoms with Crippen molar-refractivity contribution < 1.29 is 19.5 Å². The van der Waals surface area contributed by atoms with E-state index in [0.29, 0.717) is 5.69 Å². The SMILES string of the molecule is C/C(C(=O)O)=C(/C)C(=O)NC(=O)NCc1cccnn1. The molecule has 0 bridgehead atoms. The van der Waals surface area contributed by atoms with E-state index < -0.39 is 17.9 Å². The zero-order valence-electron chi connectivity index (χ0n) is 11.0. The molecule has 8 nitrogen and oxygen atoms in total. The molecule has 3 N–H and O–H groups in total. The second-order valence-electron chi connectivity index (χ2n) is 3.91. The van der Waals surface area contributed by atoms with E-state index in [1.54, 1.807) is 12.1 Å². The number of carbonyl (C=O) groups excluding carboxylic acids is 2. The molecule has 0 saturated carbocycles. The second kappa shape index (κ2) is 6.98. The van der Waals surface area contributed by atoms with Crippen LogP contribution in [0.2, 0.25) is 0 Å². The number of imide groups is 1. The number of aliphatic carboxylic acids is 1. The van der Waals surface area contributed by atoms with Gasteiger partial charge >= 0.3 is 12.0 Å². The van der Waals surface area contributed by atoms with Crippen LogP contribution in [0.25, 0.3) is 0 Å². The van der Waals surface area contributed by atoms with Crippen LogP contribution in [0.5, 0.6) is 0 Å². The summed E-state index contributed by atoms with van der Waals surface area (Å²) in [5.74, 6) is -1.97. The highest BCUT2D eigenvalue weighted by atomic mass is 16.4. The minimum atomic E-state index is -1.21. The van der Waals surface area contributed by atoms with E-state index in [0.717, 1.165) is 0 Å². The van der Waals surface area contributed by atoms with E-state index in [1.165, 1.54) is 20.0 Å². The Morgan fingerprint density at radius 2 is 1.95 bits per heavy atom. The number of carboxylic acids is 1. The Balaban J connectivity index is 2.53. The van der Waals surface area contributed by atoms with Gasteiger partial charge in [0.2, 0.25) is 0 Å². The van der Waals surface area contributed by atoms with Gasteiger partial charge in [0.25, 0.3) is 5.91 Å². The van der Waals surface area contributed by atoms with E-state index in [1.807, 2.05) is 5.32 Å². The zero-order valence-corrected chi connectivity index (χ0v) is 11.0. The topological polar surface area (TPSA) is 121 Å². The monoisotopic (exact) mass is 278 g/mol. The standard InChI is InChI=1S/C12H14N4O4/c1-7(8(2)11(18)19)10(17)15-12(20)13-6-9-4-3-5-14-16-9/h3-5H,6H2,1-2H3,(H,18,19)(H2,13,15,17,20)/b8-7+. The number of hydrogen-bond donors (Lipinski definition) is 3. The molecule has 20 heavy (non-hydrogen) atoms. The summed E-state index contributed by atoms with van der Waals surface area (Å²) in [7, 11) is 0. The van der Waals surface area contributed by atoms with Gasteiger partial charge in [-0.15, -0.1) is 0 Å². The van der Waals surface area contributed by atoms with Gasteiger partial charge in [0, 0.05) is 17.3 Å². The van der Waals surface area contributed by atoms with Crippen LogP contribution < -0.4 is 10.6 Å². The molecule has 0 aromatic carbocycles. The number of nitrogens with one attached hydrogen (secondary N) is 2. The average Bonchev–Trinajstić information content (AvgIpc) is 2.44. The molecule has 8 heteroatoms. The molecular formula is C12H14N4O4. The Hall–Kier alpha value is -2.77. The molecule has 0 atom stereocenters. The summed E-state index contributed by atoms with van der Waals surface area (Å²) in [6.45, 7) is 2.72. The average molecular weight is 278 g/mol. The van der Waals surface area contributed by atoms with E-state index in [-0.39, 0.29) is 17.7 Å². The number of urea groups is 1. The summed E-state index contributed by atoms with van der Waals surface area (Å²) >= 11 is 0. The van der Waals surface area contributed by atoms with Gasteiger partial charge in [0.05, 0.1) is 12.2 Å². The number of carboxylic acid groups (broad SMARTS) is 1. The summed E-state index contributed by atoms with van der Waals surface area (Å²) in [4.78, 5) is 33.7. The van der Waals surface area contributed by atoms with E-state index in [9.17, 15) is 14.4 Å². The Morgan fingerprint density at radius 3 is 2.50 bits per heavy atom. The lowest BCUT2D eigenvalue weighted by Crippen LogP contribution is -2.40. The molecule has 1 heterocycles. The fourth-order valence-electron chi connectivity index (χ4n) is 1.17. The Kier molecular flexibility index (Phi) is 5.33. The van der Waals surface area contributed by atoms with Gasteiger partial charge in [0.1, 0.15) is 0 Å². The molecule has 1 aromatic heterocycles. The molecule has 1 rings (SSSR count). The first-order valence-electron chi connectivity index (χ1n) is 5.68. The van der Waals surface area contributed by atoms with Crippen LogP contribution >= 0.6 is 0 Å². The molecule has 3 amide bonds. The molecule has 0 radical (unpaired) electrons. The fraction of sp³-hybridized carbons (Fsp3) is 0.250. The maximum absolute atomic E-state index is 11.6. The van der Waals surface area contributed by atoms with Crippen LogP contribution in [0, 0.1) is 0 Å². The third kappa shape index (κ3) is 4.48. The first kappa shape index (κ1) is 15.3. The van der Waals surface area contributed by atoms with Crippen molar-refractivity contribution in [2.24, 2.45) is 0 Å². The summed E-state index contributed by atoms with van der Waals surface area (Å²) in [6.07, 6.45) is 1.50. The van der Waals surface area contributed by atoms with E-state index >= 15 is 0 Å². The van der Waals surface area contributed by atoms with Crippen molar-refractivity contribution in [3.05, 3.63) is 35.2 Å². The van der Waals surface area contributed by atoms with E-state index in [2.05, 4.69) is 15.5 Å². The Bertz CT molecular complexity index is 554. The fourth-order valence-corrected chi connectivity index (χ4v) is 1.17. The first-order valence-corrected chi connectivity index (χ1v) is 5.68. The van der Waals surface area contributed by atoms with Gasteiger partial charge in [-0.3, -0.25) is 10.1 Å². The summed E-state index contributed by atoms with van der Waals surface area (Å²) in [6, 6.07) is 2.59. The highest BCUT2D eigenvalue weighted by molar-refractivity contribution is 6.07. The van der Waals surface area contributed by atoms with Gasteiger partial charge in [-0.2, -0.15) is 10.2 Å². The normalized spacial score (nSPS) is 11.3. The molecule has 0 spiro atoms. The number of hydrogen-bond acceptors (Lipinski definition) is 5. The zero-order chi connectivity index (χ0) is 15.1. The van der Waals surface area contributed by atoms with Crippen molar-refractivity contribution in [1.29, 1.82) is 0 Å². The van der Waals surface area contributed by atoms with Crippen molar-refractivity contribution in [3.8, 4) is 0 Å². The molecule has 0 aliphatic carbocycles. The predicted octanol–water partition coefficient (Wildman–Crippen LogP) is 0.223. The molecule has 1 aromatic rings.